The van der Waals surface area contributed by atoms with Gasteiger partial charge in [-0.1, -0.05) is 60.7 Å². The van der Waals surface area contributed by atoms with Gasteiger partial charge in [0, 0.05) is 36.1 Å². The van der Waals surface area contributed by atoms with E-state index < -0.39 is 17.1 Å². The second kappa shape index (κ2) is 14.1. The van der Waals surface area contributed by atoms with Crippen LogP contribution in [0.2, 0.25) is 0 Å². The van der Waals surface area contributed by atoms with Crippen LogP contribution in [0, 0.1) is 0 Å². The number of benzene rings is 4. The Labute approximate surface area is 311 Å². The molecule has 0 amide bonds. The van der Waals surface area contributed by atoms with E-state index in [2.05, 4.69) is 96.2 Å². The predicted molar refractivity (Wildman–Crippen MR) is 209 cm³/mol. The molecule has 0 spiro atoms. The number of rotatable bonds is 5. The molecule has 4 unspecified atom stereocenters. The average molecular weight is 733 g/mol. The Morgan fingerprint density at radius 2 is 0.962 bits per heavy atom. The number of hydrogen-bond acceptors (Lipinski definition) is 6. The van der Waals surface area contributed by atoms with Gasteiger partial charge in [0.15, 0.2) is 0 Å². The van der Waals surface area contributed by atoms with E-state index in [4.69, 9.17) is 18.1 Å². The minimum Gasteiger partial charge on any atom is -0.435 e. The van der Waals surface area contributed by atoms with Crippen LogP contribution in [-0.2, 0) is 47.6 Å². The summed E-state index contributed by atoms with van der Waals surface area (Å²) < 4.78 is 32.8. The molecule has 0 saturated carbocycles. The first-order chi connectivity index (χ1) is 25.6. The highest BCUT2D eigenvalue weighted by atomic mass is 31.2. The summed E-state index contributed by atoms with van der Waals surface area (Å²) in [6, 6.07) is 27.3. The Balaban J connectivity index is 0.914. The van der Waals surface area contributed by atoms with E-state index >= 15 is 0 Å². The summed E-state index contributed by atoms with van der Waals surface area (Å²) in [4.78, 5) is 0. The smallest absolute Gasteiger partial charge is 0.321 e. The molecule has 8 heteroatoms. The van der Waals surface area contributed by atoms with Crippen LogP contribution in [0.15, 0.2) is 72.8 Å². The van der Waals surface area contributed by atoms with Crippen LogP contribution in [0.3, 0.4) is 0 Å². The molecule has 270 valence electrons. The highest BCUT2D eigenvalue weighted by molar-refractivity contribution is 7.45. The molecule has 2 aliphatic heterocycles. The van der Waals surface area contributed by atoms with Gasteiger partial charge in [-0.2, -0.15) is 0 Å². The third-order valence-electron chi connectivity index (χ3n) is 12.7. The van der Waals surface area contributed by atoms with Crippen LogP contribution in [0.4, 0.5) is 0 Å². The lowest BCUT2D eigenvalue weighted by atomic mass is 9.73. The lowest BCUT2D eigenvalue weighted by molar-refractivity contribution is 0.153. The van der Waals surface area contributed by atoms with E-state index in [0.717, 1.165) is 76.0 Å². The third-order valence-corrected chi connectivity index (χ3v) is 15.8. The van der Waals surface area contributed by atoms with Crippen LogP contribution in [0.1, 0.15) is 106 Å². The first-order valence-corrected chi connectivity index (χ1v) is 22.0. The van der Waals surface area contributed by atoms with Gasteiger partial charge >= 0.3 is 17.1 Å². The van der Waals surface area contributed by atoms with Crippen molar-refractivity contribution in [2.45, 2.75) is 101 Å². The summed E-state index contributed by atoms with van der Waals surface area (Å²) in [6.07, 6.45) is 14.0. The van der Waals surface area contributed by atoms with Gasteiger partial charge in [0.25, 0.3) is 0 Å². The maximum Gasteiger partial charge on any atom is 0.321 e. The highest BCUT2D eigenvalue weighted by Crippen LogP contribution is 2.58. The third kappa shape index (κ3) is 5.94. The Hall–Kier alpha value is -2.82. The van der Waals surface area contributed by atoms with E-state index in [0.29, 0.717) is 0 Å². The van der Waals surface area contributed by atoms with Crippen molar-refractivity contribution in [3.63, 3.8) is 0 Å². The van der Waals surface area contributed by atoms with Crippen LogP contribution in [0.25, 0.3) is 0 Å². The Morgan fingerprint density at radius 3 is 1.44 bits per heavy atom. The Bertz CT molecular complexity index is 1850. The molecule has 6 nitrogen and oxygen atoms in total. The lowest BCUT2D eigenvalue weighted by Gasteiger charge is -2.36. The molecular formula is C44H50N2O4P2. The molecule has 4 aromatic rings. The van der Waals surface area contributed by atoms with Crippen LogP contribution >= 0.6 is 17.1 Å². The normalized spacial score (nSPS) is 27.2. The molecule has 6 atom stereocenters. The van der Waals surface area contributed by atoms with Crippen LogP contribution in [-0.4, -0.2) is 48.7 Å². The van der Waals surface area contributed by atoms with E-state index in [1.165, 1.54) is 81.3 Å². The van der Waals surface area contributed by atoms with Crippen molar-refractivity contribution >= 4 is 17.1 Å². The predicted octanol–water partition coefficient (Wildman–Crippen LogP) is 10.2. The standard InChI is InChI=1S/C44H50N2O4P2/c1-45(51-47-37-23-19-29-11-3-7-15-33(29)41(37)42-34-16-8-4-12-30(34)20-24-38(42)48-51)27-28-46(2)52-49-39-25-21-31-13-5-9-17-35(31)43(39)44-36-18-10-6-14-32(36)22-26-40(44)50-52/h3,5,7,9,11,13,15,17,20,22,24,26,37,39,41,43H,4,6,8,10,12,14,16,18-19,21,23,25,27-28H2,1-2H3/t37?,39?,41-,43-,51?,52?/m1/s1. The van der Waals surface area contributed by atoms with Crippen molar-refractivity contribution in [1.29, 1.82) is 0 Å². The minimum absolute atomic E-state index is 0.0994. The van der Waals surface area contributed by atoms with E-state index in [-0.39, 0.29) is 24.0 Å². The van der Waals surface area contributed by atoms with Gasteiger partial charge in [-0.15, -0.1) is 0 Å². The maximum atomic E-state index is 7.10. The summed E-state index contributed by atoms with van der Waals surface area (Å²) in [6.45, 7) is 1.58. The average Bonchev–Trinajstić information content (AvgIpc) is 3.49. The molecule has 4 aliphatic carbocycles. The van der Waals surface area contributed by atoms with E-state index in [1.807, 2.05) is 0 Å². The molecular weight excluding hydrogens is 682 g/mol. The molecule has 6 aliphatic rings. The number of fused-ring (bicyclic) bond motifs is 14. The quantitative estimate of drug-likeness (QED) is 0.190. The molecule has 10 rings (SSSR count). The number of nitrogens with zero attached hydrogens (tertiary/aromatic N) is 2. The van der Waals surface area contributed by atoms with E-state index in [9.17, 15) is 0 Å². The molecule has 0 radical (unpaired) electrons. The van der Waals surface area contributed by atoms with E-state index in [1.54, 1.807) is 0 Å². The van der Waals surface area contributed by atoms with Crippen LogP contribution in [0.5, 0.6) is 11.5 Å². The fourth-order valence-corrected chi connectivity index (χ4v) is 12.8. The lowest BCUT2D eigenvalue weighted by Crippen LogP contribution is -2.32. The summed E-state index contributed by atoms with van der Waals surface area (Å²) in [5, 5.41) is 0. The van der Waals surface area contributed by atoms with Crippen molar-refractivity contribution in [2.75, 3.05) is 27.2 Å². The van der Waals surface area contributed by atoms with Gasteiger partial charge in [0.05, 0.1) is 12.2 Å². The van der Waals surface area contributed by atoms with Crippen molar-refractivity contribution in [1.82, 2.24) is 9.34 Å². The Kier molecular flexibility index (Phi) is 9.15. The summed E-state index contributed by atoms with van der Waals surface area (Å²) in [5.74, 6) is 2.48. The summed E-state index contributed by atoms with van der Waals surface area (Å²) >= 11 is 0. The zero-order valence-corrected chi connectivity index (χ0v) is 32.3. The molecule has 0 aromatic heterocycles. The van der Waals surface area contributed by atoms with Gasteiger partial charge in [0.1, 0.15) is 11.5 Å². The molecule has 4 aromatic carbocycles. The fraction of sp³-hybridized carbons (Fsp3) is 0.455. The first-order valence-electron chi connectivity index (χ1n) is 19.8. The SMILES string of the molecule is CN(CCN(C)P1Oc2ccc3c(c2[C@@H]2c4ccccc4CCC2O1)CCCC3)P1Oc2ccc3c(c2[C@@H]2c4ccccc4CCC2O1)CCCC3. The van der Waals surface area contributed by atoms with Gasteiger partial charge in [-0.05, 0) is 148 Å². The largest absolute Gasteiger partial charge is 0.435 e. The maximum absolute atomic E-state index is 7.10. The molecule has 0 fully saturated rings. The molecule has 52 heavy (non-hydrogen) atoms. The topological polar surface area (TPSA) is 43.4 Å². The van der Waals surface area contributed by atoms with Gasteiger partial charge in [-0.25, -0.2) is 9.34 Å². The van der Waals surface area contributed by atoms with Crippen molar-refractivity contribution in [2.24, 2.45) is 0 Å². The highest BCUT2D eigenvalue weighted by Gasteiger charge is 2.44. The zero-order valence-electron chi connectivity index (χ0n) is 30.6. The molecule has 2 heterocycles. The summed E-state index contributed by atoms with van der Waals surface area (Å²) in [5.41, 5.74) is 14.6. The fourth-order valence-electron chi connectivity index (χ4n) is 10.1. The Morgan fingerprint density at radius 1 is 0.519 bits per heavy atom. The molecule has 0 bridgehead atoms. The number of likely N-dealkylation sites (N-methyl/N-ethyl adjacent to an activating group) is 2. The number of hydrogen-bond donors (Lipinski definition) is 0. The second-order valence-corrected chi connectivity index (χ2v) is 18.9. The van der Waals surface area contributed by atoms with Gasteiger partial charge < -0.3 is 18.1 Å². The first kappa shape index (κ1) is 33.7. The van der Waals surface area contributed by atoms with Crippen LogP contribution < -0.4 is 9.05 Å². The zero-order chi connectivity index (χ0) is 34.8. The monoisotopic (exact) mass is 732 g/mol. The van der Waals surface area contributed by atoms with Gasteiger partial charge in [0.2, 0.25) is 0 Å². The molecule has 0 N–H and O–H groups in total. The van der Waals surface area contributed by atoms with Crippen molar-refractivity contribution in [3.05, 3.63) is 128 Å². The summed E-state index contributed by atoms with van der Waals surface area (Å²) in [7, 11) is 1.74. The number of aryl methyl sites for hydroxylation is 4. The minimum atomic E-state index is -1.30. The van der Waals surface area contributed by atoms with Crippen molar-refractivity contribution < 1.29 is 18.1 Å². The second-order valence-electron chi connectivity index (χ2n) is 15.8. The molecule has 0 saturated heterocycles. The van der Waals surface area contributed by atoms with Gasteiger partial charge in [-0.3, -0.25) is 0 Å². The van der Waals surface area contributed by atoms with Crippen molar-refractivity contribution in [3.8, 4) is 11.5 Å².